The van der Waals surface area contributed by atoms with E-state index in [1.165, 1.54) is 5.56 Å². The van der Waals surface area contributed by atoms with Crippen LogP contribution in [0.1, 0.15) is 31.4 Å². The number of halogens is 2. The molecule has 0 saturated heterocycles. The van der Waals surface area contributed by atoms with Gasteiger partial charge in [0.1, 0.15) is 6.34 Å². The fourth-order valence-corrected chi connectivity index (χ4v) is 2.16. The third kappa shape index (κ3) is 7.95. The van der Waals surface area contributed by atoms with E-state index in [0.717, 1.165) is 25.8 Å². The maximum atomic E-state index is 4.31. The lowest BCUT2D eigenvalue weighted by atomic mass is 10.1. The summed E-state index contributed by atoms with van der Waals surface area (Å²) in [5.41, 5.74) is 1.31. The van der Waals surface area contributed by atoms with Gasteiger partial charge in [-0.05, 0) is 18.4 Å². The lowest BCUT2D eigenvalue weighted by molar-refractivity contribution is 0.505. The van der Waals surface area contributed by atoms with Crippen molar-refractivity contribution < 1.29 is 0 Å². The lowest BCUT2D eigenvalue weighted by Crippen LogP contribution is -2.06. The summed E-state index contributed by atoms with van der Waals surface area (Å²) in [6.07, 6.45) is 12.2. The van der Waals surface area contributed by atoms with Crippen molar-refractivity contribution in [2.75, 3.05) is 6.54 Å². The summed E-state index contributed by atoms with van der Waals surface area (Å²) >= 11 is 0. The molecule has 1 atom stereocenters. The van der Waals surface area contributed by atoms with Crippen LogP contribution < -0.4 is 0 Å². The van der Waals surface area contributed by atoms with Gasteiger partial charge in [-0.1, -0.05) is 37.3 Å². The highest BCUT2D eigenvalue weighted by atomic mass is 35.5. The summed E-state index contributed by atoms with van der Waals surface area (Å²) in [5, 5.41) is 0. The van der Waals surface area contributed by atoms with Crippen LogP contribution in [0.3, 0.4) is 0 Å². The quantitative estimate of drug-likeness (QED) is 0.511. The topological polar surface area (TPSA) is 42.5 Å². The van der Waals surface area contributed by atoms with Crippen LogP contribution in [0.25, 0.3) is 0 Å². The van der Waals surface area contributed by atoms with Gasteiger partial charge >= 0.3 is 0 Å². The van der Waals surface area contributed by atoms with Crippen molar-refractivity contribution in [3.8, 4) is 0 Å². The van der Waals surface area contributed by atoms with Crippen molar-refractivity contribution in [2.24, 2.45) is 9.98 Å². The zero-order valence-electron chi connectivity index (χ0n) is 13.3. The molecular formula is C17H24Cl2N4. The number of hydrogen-bond donors (Lipinski definition) is 0. The predicted molar refractivity (Wildman–Crippen MR) is 103 cm³/mol. The van der Waals surface area contributed by atoms with Gasteiger partial charge in [-0.15, -0.1) is 24.8 Å². The van der Waals surface area contributed by atoms with E-state index < -0.39 is 0 Å². The summed E-state index contributed by atoms with van der Waals surface area (Å²) in [4.78, 5) is 12.6. The van der Waals surface area contributed by atoms with Crippen LogP contribution in [0.2, 0.25) is 0 Å². The number of hydrogen-bond acceptors (Lipinski definition) is 2. The van der Waals surface area contributed by atoms with Gasteiger partial charge in [-0.3, -0.25) is 4.99 Å². The van der Waals surface area contributed by atoms with E-state index in [0.29, 0.717) is 6.04 Å². The van der Waals surface area contributed by atoms with Gasteiger partial charge in [0.2, 0.25) is 0 Å². The lowest BCUT2D eigenvalue weighted by Gasteiger charge is -2.13. The van der Waals surface area contributed by atoms with Gasteiger partial charge in [0.25, 0.3) is 0 Å². The average molecular weight is 355 g/mol. The minimum atomic E-state index is 0. The second-order valence-corrected chi connectivity index (χ2v) is 4.90. The Hall–Kier alpha value is -1.65. The molecule has 126 valence electrons. The van der Waals surface area contributed by atoms with E-state index in [1.807, 2.05) is 31.0 Å². The Morgan fingerprint density at radius 3 is 2.65 bits per heavy atom. The molecule has 0 radical (unpaired) electrons. The Bertz CT molecular complexity index is 553. The van der Waals surface area contributed by atoms with E-state index >= 15 is 0 Å². The Balaban J connectivity index is 0.00000242. The minimum Gasteiger partial charge on any atom is -0.334 e. The minimum absolute atomic E-state index is 0. The normalized spacial score (nSPS) is 12.0. The molecule has 0 spiro atoms. The first-order chi connectivity index (χ1) is 10.4. The van der Waals surface area contributed by atoms with Crippen molar-refractivity contribution in [1.82, 2.24) is 9.55 Å². The maximum Gasteiger partial charge on any atom is 0.109 e. The molecule has 2 rings (SSSR count). The van der Waals surface area contributed by atoms with Crippen LogP contribution in [0.5, 0.6) is 0 Å². The molecule has 23 heavy (non-hydrogen) atoms. The molecule has 6 heteroatoms. The van der Waals surface area contributed by atoms with Crippen molar-refractivity contribution in [1.29, 1.82) is 0 Å². The monoisotopic (exact) mass is 354 g/mol. The molecule has 0 aliphatic carbocycles. The van der Waals surface area contributed by atoms with Gasteiger partial charge < -0.3 is 4.57 Å². The van der Waals surface area contributed by atoms with Gasteiger partial charge in [0.05, 0.1) is 6.33 Å². The second-order valence-electron chi connectivity index (χ2n) is 4.90. The fourth-order valence-electron chi connectivity index (χ4n) is 2.16. The number of aromatic nitrogens is 2. The van der Waals surface area contributed by atoms with E-state index in [-0.39, 0.29) is 24.8 Å². The average Bonchev–Trinajstić information content (AvgIpc) is 3.05. The number of nitrogens with zero attached hydrogens (tertiary/aromatic N) is 4. The predicted octanol–water partition coefficient (Wildman–Crippen LogP) is 4.41. The molecule has 1 aromatic heterocycles. The summed E-state index contributed by atoms with van der Waals surface area (Å²) in [6.45, 7) is 2.95. The van der Waals surface area contributed by atoms with Gasteiger partial charge in [-0.25, -0.2) is 9.98 Å². The first-order valence-electron chi connectivity index (χ1n) is 7.41. The Kier molecular flexibility index (Phi) is 11.9. The van der Waals surface area contributed by atoms with E-state index in [4.69, 9.17) is 0 Å². The molecule has 0 aliphatic rings. The van der Waals surface area contributed by atoms with Crippen LogP contribution in [0.15, 0.2) is 59.0 Å². The third-order valence-corrected chi connectivity index (χ3v) is 3.42. The number of rotatable bonds is 8. The first kappa shape index (κ1) is 21.4. The van der Waals surface area contributed by atoms with Gasteiger partial charge in [0, 0.05) is 37.6 Å². The summed E-state index contributed by atoms with van der Waals surface area (Å²) in [6, 6.07) is 10.8. The highest BCUT2D eigenvalue weighted by molar-refractivity contribution is 5.85. The zero-order valence-corrected chi connectivity index (χ0v) is 14.9. The third-order valence-electron chi connectivity index (χ3n) is 3.42. The zero-order chi connectivity index (χ0) is 14.8. The second kappa shape index (κ2) is 12.9. The van der Waals surface area contributed by atoms with E-state index in [1.54, 1.807) is 6.34 Å². The van der Waals surface area contributed by atoms with Crippen molar-refractivity contribution in [3.05, 3.63) is 54.6 Å². The van der Waals surface area contributed by atoms with Gasteiger partial charge in [0.15, 0.2) is 0 Å². The van der Waals surface area contributed by atoms with Crippen LogP contribution >= 0.6 is 24.8 Å². The molecule has 4 nitrogen and oxygen atoms in total. The first-order valence-corrected chi connectivity index (χ1v) is 7.41. The molecule has 1 unspecified atom stereocenters. The van der Waals surface area contributed by atoms with E-state index in [9.17, 15) is 0 Å². The van der Waals surface area contributed by atoms with Crippen molar-refractivity contribution in [2.45, 2.75) is 32.2 Å². The van der Waals surface area contributed by atoms with E-state index in [2.05, 4.69) is 50.7 Å². The molecule has 0 bridgehead atoms. The molecule has 1 aromatic carbocycles. The van der Waals surface area contributed by atoms with Crippen LogP contribution in [0.4, 0.5) is 0 Å². The Labute approximate surface area is 150 Å². The SMILES string of the molecule is CCC(CC=NC=NCCc1ccccc1)n1ccnc1.Cl.Cl. The molecule has 0 aliphatic heterocycles. The maximum absolute atomic E-state index is 4.31. The Morgan fingerprint density at radius 1 is 1.22 bits per heavy atom. The molecule has 1 heterocycles. The van der Waals surface area contributed by atoms with Crippen LogP contribution in [-0.2, 0) is 6.42 Å². The summed E-state index contributed by atoms with van der Waals surface area (Å²) < 4.78 is 2.12. The van der Waals surface area contributed by atoms with Crippen LogP contribution in [0, 0.1) is 0 Å². The highest BCUT2D eigenvalue weighted by Crippen LogP contribution is 2.13. The molecule has 2 aromatic rings. The largest absolute Gasteiger partial charge is 0.334 e. The fraction of sp³-hybridized carbons (Fsp3) is 0.353. The van der Waals surface area contributed by atoms with Crippen molar-refractivity contribution >= 4 is 37.4 Å². The number of imidazole rings is 1. The van der Waals surface area contributed by atoms with Gasteiger partial charge in [-0.2, -0.15) is 0 Å². The Morgan fingerprint density at radius 2 is 2.00 bits per heavy atom. The van der Waals surface area contributed by atoms with Crippen molar-refractivity contribution in [3.63, 3.8) is 0 Å². The molecule has 0 saturated carbocycles. The summed E-state index contributed by atoms with van der Waals surface area (Å²) in [7, 11) is 0. The summed E-state index contributed by atoms with van der Waals surface area (Å²) in [5.74, 6) is 0. The molecular weight excluding hydrogens is 331 g/mol. The standard InChI is InChI=1S/C17H22N4.2ClH/c1-2-17(21-13-12-20-15-21)9-11-19-14-18-10-8-16-6-4-3-5-7-16;;/h3-7,11-15,17H,2,8-10H2,1H3;2*1H. The molecule has 0 N–H and O–H groups in total. The van der Waals surface area contributed by atoms with Crippen LogP contribution in [-0.4, -0.2) is 28.6 Å². The number of aliphatic imine (C=N–C) groups is 2. The smallest absolute Gasteiger partial charge is 0.109 e. The highest BCUT2D eigenvalue weighted by Gasteiger charge is 2.04. The molecule has 0 amide bonds. The number of benzene rings is 1. The molecule has 0 fully saturated rings.